The monoisotopic (exact) mass is 522 g/mol. The fourth-order valence-electron chi connectivity index (χ4n) is 3.64. The molecule has 5 rings (SSSR count). The average molecular weight is 522 g/mol. The fraction of sp³-hybridized carbons (Fsp3) is 0.250. The highest BCUT2D eigenvalue weighted by molar-refractivity contribution is 5.93. The number of alkyl halides is 5. The second kappa shape index (κ2) is 9.99. The van der Waals surface area contributed by atoms with Gasteiger partial charge in [0.05, 0.1) is 12.1 Å². The number of amides is 1. The Bertz CT molecular complexity index is 1410. The summed E-state index contributed by atoms with van der Waals surface area (Å²) in [5.74, 6) is -6.11. The molecule has 8 nitrogen and oxygen atoms in total. The minimum atomic E-state index is -5.08. The molecule has 1 atom stereocenters. The van der Waals surface area contributed by atoms with Crippen molar-refractivity contribution in [1.82, 2.24) is 19.3 Å². The third kappa shape index (κ3) is 5.93. The number of likely N-dealkylation sites (tertiary alicyclic amines) is 1. The molecule has 13 heteroatoms. The Morgan fingerprint density at radius 3 is 2.43 bits per heavy atom. The topological polar surface area (TPSA) is 97.0 Å². The lowest BCUT2D eigenvalue weighted by Gasteiger charge is -2.37. The van der Waals surface area contributed by atoms with Gasteiger partial charge in [-0.1, -0.05) is 24.3 Å². The summed E-state index contributed by atoms with van der Waals surface area (Å²) in [6.07, 6.45) is -3.67. The number of piperidine rings is 1. The van der Waals surface area contributed by atoms with Gasteiger partial charge in [-0.2, -0.15) is 13.2 Å². The Morgan fingerprint density at radius 1 is 1.03 bits per heavy atom. The van der Waals surface area contributed by atoms with Crippen LogP contribution in [0.3, 0.4) is 0 Å². The number of ether oxygens (including phenoxy) is 1. The quantitative estimate of drug-likeness (QED) is 0.400. The molecule has 4 heterocycles. The molecule has 3 aromatic heterocycles. The number of carboxylic acids is 1. The molecule has 0 bridgehead atoms. The Kier molecular flexibility index (Phi) is 6.96. The average Bonchev–Trinajstić information content (AvgIpc) is 3.29. The zero-order valence-corrected chi connectivity index (χ0v) is 18.9. The Morgan fingerprint density at radius 2 is 1.73 bits per heavy atom. The number of halogens is 5. The number of carboxylic acid groups (broad SMARTS) is 1. The van der Waals surface area contributed by atoms with Crippen molar-refractivity contribution >= 4 is 28.4 Å². The predicted molar refractivity (Wildman–Crippen MR) is 121 cm³/mol. The van der Waals surface area contributed by atoms with E-state index < -0.39 is 36.5 Å². The largest absolute Gasteiger partial charge is 0.490 e. The molecule has 0 saturated carbocycles. The van der Waals surface area contributed by atoms with Gasteiger partial charge in [-0.3, -0.25) is 4.79 Å². The molecule has 4 aromatic rings. The van der Waals surface area contributed by atoms with Crippen LogP contribution in [0.5, 0.6) is 5.88 Å². The van der Waals surface area contributed by atoms with E-state index in [1.165, 1.54) is 4.90 Å². The van der Waals surface area contributed by atoms with Crippen LogP contribution in [0.25, 0.3) is 16.6 Å². The van der Waals surface area contributed by atoms with Gasteiger partial charge in [0.2, 0.25) is 5.88 Å². The van der Waals surface area contributed by atoms with Crippen LogP contribution in [0.1, 0.15) is 16.9 Å². The van der Waals surface area contributed by atoms with Crippen LogP contribution < -0.4 is 4.74 Å². The number of carbonyl (C=O) groups is 2. The van der Waals surface area contributed by atoms with E-state index in [-0.39, 0.29) is 24.7 Å². The number of carbonyl (C=O) groups excluding carboxylic acids is 1. The summed E-state index contributed by atoms with van der Waals surface area (Å²) in [4.78, 5) is 31.8. The van der Waals surface area contributed by atoms with Gasteiger partial charge in [0.1, 0.15) is 11.3 Å². The van der Waals surface area contributed by atoms with Crippen molar-refractivity contribution < 1.29 is 41.4 Å². The zero-order chi connectivity index (χ0) is 26.8. The van der Waals surface area contributed by atoms with Crippen molar-refractivity contribution in [2.24, 2.45) is 0 Å². The number of para-hydroxylation sites is 1. The van der Waals surface area contributed by atoms with E-state index in [1.807, 2.05) is 30.3 Å². The van der Waals surface area contributed by atoms with Crippen molar-refractivity contribution in [3.8, 4) is 5.88 Å². The number of benzene rings is 1. The zero-order valence-electron chi connectivity index (χ0n) is 18.9. The first kappa shape index (κ1) is 25.8. The van der Waals surface area contributed by atoms with E-state index in [0.29, 0.717) is 11.2 Å². The van der Waals surface area contributed by atoms with Gasteiger partial charge in [0.15, 0.2) is 6.10 Å². The van der Waals surface area contributed by atoms with Crippen molar-refractivity contribution in [1.29, 1.82) is 0 Å². The first-order valence-corrected chi connectivity index (χ1v) is 10.9. The minimum absolute atomic E-state index is 0.0648. The van der Waals surface area contributed by atoms with Crippen LogP contribution in [0.2, 0.25) is 0 Å². The van der Waals surface area contributed by atoms with Crippen molar-refractivity contribution in [3.05, 3.63) is 72.7 Å². The molecule has 1 aliphatic rings. The number of pyridine rings is 2. The SMILES string of the molecule is O=C(O)C(F)(F)F.O=C(c1cn2ccccc2n1)N1CCC(F)(F)[C@@H](Oc2ccc3ccccc3n2)C1. The maximum atomic E-state index is 14.6. The molecule has 1 aromatic carbocycles. The normalized spacial score (nSPS) is 17.2. The maximum Gasteiger partial charge on any atom is 0.490 e. The number of aliphatic carboxylic acids is 1. The second-order valence-corrected chi connectivity index (χ2v) is 8.11. The van der Waals surface area contributed by atoms with Crippen LogP contribution in [0.15, 0.2) is 67.0 Å². The number of aromatic nitrogens is 3. The molecule has 1 amide bonds. The van der Waals surface area contributed by atoms with E-state index in [0.717, 1.165) is 5.39 Å². The van der Waals surface area contributed by atoms with Crippen molar-refractivity contribution in [2.75, 3.05) is 13.1 Å². The van der Waals surface area contributed by atoms with Gasteiger partial charge in [0.25, 0.3) is 11.8 Å². The number of fused-ring (bicyclic) bond motifs is 2. The number of hydrogen-bond acceptors (Lipinski definition) is 5. The highest BCUT2D eigenvalue weighted by atomic mass is 19.4. The highest BCUT2D eigenvalue weighted by Crippen LogP contribution is 2.32. The summed E-state index contributed by atoms with van der Waals surface area (Å²) < 4.78 is 68.2. The predicted octanol–water partition coefficient (Wildman–Crippen LogP) is 4.44. The van der Waals surface area contributed by atoms with Crippen LogP contribution in [0, 0.1) is 0 Å². The molecule has 0 aliphatic carbocycles. The van der Waals surface area contributed by atoms with Gasteiger partial charge in [0, 0.05) is 36.8 Å². The molecular weight excluding hydrogens is 503 g/mol. The summed E-state index contributed by atoms with van der Waals surface area (Å²) in [6, 6.07) is 16.1. The molecule has 1 fully saturated rings. The molecule has 0 unspecified atom stereocenters. The van der Waals surface area contributed by atoms with Crippen molar-refractivity contribution in [3.63, 3.8) is 0 Å². The highest BCUT2D eigenvalue weighted by Gasteiger charge is 2.47. The van der Waals surface area contributed by atoms with E-state index in [1.54, 1.807) is 41.1 Å². The summed E-state index contributed by atoms with van der Waals surface area (Å²) in [5, 5.41) is 8.02. The molecule has 37 heavy (non-hydrogen) atoms. The number of nitrogens with zero attached hydrogens (tertiary/aromatic N) is 4. The maximum absolute atomic E-state index is 14.6. The standard InChI is InChI=1S/C22H18F2N4O2.C2HF3O2/c23-22(24)10-12-28(21(29)17-13-27-11-4-3-7-19(27)25-17)14-18(22)30-20-9-8-15-5-1-2-6-16(15)26-20;3-2(4,5)1(6)7/h1-9,11,13,18H,10,12,14H2;(H,6,7)/t18-;/m0./s1. The Balaban J connectivity index is 0.000000405. The first-order chi connectivity index (χ1) is 17.4. The van der Waals surface area contributed by atoms with Gasteiger partial charge >= 0.3 is 12.1 Å². The van der Waals surface area contributed by atoms with Gasteiger partial charge in [-0.15, -0.1) is 0 Å². The van der Waals surface area contributed by atoms with Crippen LogP contribution >= 0.6 is 0 Å². The molecule has 0 radical (unpaired) electrons. The summed E-state index contributed by atoms with van der Waals surface area (Å²) in [5.41, 5.74) is 1.50. The lowest BCUT2D eigenvalue weighted by molar-refractivity contribution is -0.192. The third-order valence-electron chi connectivity index (χ3n) is 5.52. The lowest BCUT2D eigenvalue weighted by Crippen LogP contribution is -2.55. The number of hydrogen-bond donors (Lipinski definition) is 1. The summed E-state index contributed by atoms with van der Waals surface area (Å²) >= 11 is 0. The molecule has 194 valence electrons. The van der Waals surface area contributed by atoms with Crippen molar-refractivity contribution in [2.45, 2.75) is 24.6 Å². The van der Waals surface area contributed by atoms with Gasteiger partial charge in [-0.05, 0) is 24.3 Å². The first-order valence-electron chi connectivity index (χ1n) is 10.9. The molecule has 1 aliphatic heterocycles. The number of rotatable bonds is 3. The molecule has 1 saturated heterocycles. The van der Waals surface area contributed by atoms with E-state index in [4.69, 9.17) is 14.6 Å². The third-order valence-corrected chi connectivity index (χ3v) is 5.52. The minimum Gasteiger partial charge on any atom is -0.475 e. The van der Waals surface area contributed by atoms with Crippen LogP contribution in [-0.2, 0) is 4.79 Å². The fourth-order valence-corrected chi connectivity index (χ4v) is 3.64. The van der Waals surface area contributed by atoms with E-state index in [9.17, 15) is 26.7 Å². The molecular formula is C24H19F5N4O4. The van der Waals surface area contributed by atoms with E-state index >= 15 is 0 Å². The van der Waals surface area contributed by atoms with Gasteiger partial charge in [-0.25, -0.2) is 23.5 Å². The molecule has 0 spiro atoms. The molecule has 1 N–H and O–H groups in total. The second-order valence-electron chi connectivity index (χ2n) is 8.11. The van der Waals surface area contributed by atoms with Crippen LogP contribution in [-0.4, -0.2) is 67.5 Å². The Labute approximate surface area is 205 Å². The summed E-state index contributed by atoms with van der Waals surface area (Å²) in [7, 11) is 0. The van der Waals surface area contributed by atoms with E-state index in [2.05, 4.69) is 9.97 Å². The lowest BCUT2D eigenvalue weighted by atomic mass is 10.0. The summed E-state index contributed by atoms with van der Waals surface area (Å²) in [6.45, 7) is -0.307. The smallest absolute Gasteiger partial charge is 0.475 e. The number of imidazole rings is 1. The van der Waals surface area contributed by atoms with Gasteiger partial charge < -0.3 is 19.1 Å². The Hall–Kier alpha value is -4.29. The van der Waals surface area contributed by atoms with Crippen LogP contribution in [0.4, 0.5) is 22.0 Å².